The van der Waals surface area contributed by atoms with Crippen LogP contribution in [-0.4, -0.2) is 28.0 Å². The van der Waals surface area contributed by atoms with Gasteiger partial charge in [-0.25, -0.2) is 5.10 Å². The first-order valence-electron chi connectivity index (χ1n) is 5.61. The van der Waals surface area contributed by atoms with Gasteiger partial charge in [-0.1, -0.05) is 25.1 Å². The predicted octanol–water partition coefficient (Wildman–Crippen LogP) is 1.11. The van der Waals surface area contributed by atoms with Crippen molar-refractivity contribution in [3.8, 4) is 0 Å². The van der Waals surface area contributed by atoms with Gasteiger partial charge in [0, 0.05) is 5.39 Å². The van der Waals surface area contributed by atoms with Crippen molar-refractivity contribution >= 4 is 16.6 Å². The van der Waals surface area contributed by atoms with Gasteiger partial charge >= 0.3 is 0 Å². The van der Waals surface area contributed by atoms with Crippen molar-refractivity contribution in [1.29, 1.82) is 0 Å². The number of aliphatic hydroxyl groups excluding tert-OH is 1. The Kier molecular flexibility index (Phi) is 3.39. The summed E-state index contributed by atoms with van der Waals surface area (Å²) in [6, 6.07) is 7.20. The molecule has 3 N–H and O–H groups in total. The average Bonchev–Trinajstić information content (AvgIpc) is 2.38. The molecule has 5 heteroatoms. The van der Waals surface area contributed by atoms with Gasteiger partial charge in [-0.2, -0.15) is 5.10 Å². The number of nitrogens with one attached hydrogen (secondary N) is 2. The van der Waals surface area contributed by atoms with Gasteiger partial charge in [0.05, 0.1) is 18.0 Å². The quantitative estimate of drug-likeness (QED) is 0.739. The Bertz CT molecular complexity index is 561. The van der Waals surface area contributed by atoms with Gasteiger partial charge in [0.1, 0.15) is 0 Å². The molecule has 1 atom stereocenters. The number of rotatable bonds is 4. The molecule has 2 rings (SSSR count). The summed E-state index contributed by atoms with van der Waals surface area (Å²) in [7, 11) is 0. The Morgan fingerprint density at radius 3 is 2.76 bits per heavy atom. The molecule has 1 heterocycles. The van der Waals surface area contributed by atoms with Crippen LogP contribution in [-0.2, 0) is 0 Å². The predicted molar refractivity (Wildman–Crippen MR) is 67.2 cm³/mol. The van der Waals surface area contributed by atoms with Gasteiger partial charge in [-0.3, -0.25) is 4.79 Å². The molecule has 1 aromatic heterocycles. The summed E-state index contributed by atoms with van der Waals surface area (Å²) in [5, 5.41) is 20.1. The molecule has 0 aliphatic heterocycles. The monoisotopic (exact) mass is 233 g/mol. The Labute approximate surface area is 98.5 Å². The van der Waals surface area contributed by atoms with Crippen LogP contribution in [0.3, 0.4) is 0 Å². The highest BCUT2D eigenvalue weighted by molar-refractivity contribution is 5.90. The highest BCUT2D eigenvalue weighted by atomic mass is 16.3. The van der Waals surface area contributed by atoms with Gasteiger partial charge in [0.15, 0.2) is 5.82 Å². The summed E-state index contributed by atoms with van der Waals surface area (Å²) in [6.45, 7) is 2.01. The Morgan fingerprint density at radius 2 is 2.12 bits per heavy atom. The molecule has 0 aliphatic rings. The number of hydrogen-bond donors (Lipinski definition) is 3. The van der Waals surface area contributed by atoms with Crippen LogP contribution in [0, 0.1) is 0 Å². The molecule has 0 bridgehead atoms. The molecule has 90 valence electrons. The van der Waals surface area contributed by atoms with Gasteiger partial charge in [-0.05, 0) is 12.5 Å². The zero-order chi connectivity index (χ0) is 12.3. The van der Waals surface area contributed by atoms with Crippen LogP contribution in [0.1, 0.15) is 13.3 Å². The van der Waals surface area contributed by atoms with E-state index in [4.69, 9.17) is 5.11 Å². The lowest BCUT2D eigenvalue weighted by molar-refractivity contribution is 0.271. The first kappa shape index (κ1) is 11.6. The number of H-pyrrole nitrogens is 1. The summed E-state index contributed by atoms with van der Waals surface area (Å²) in [4.78, 5) is 11.6. The number of aliphatic hydroxyl groups is 1. The zero-order valence-electron chi connectivity index (χ0n) is 9.60. The second-order valence-corrected chi connectivity index (χ2v) is 3.88. The maximum Gasteiger partial charge on any atom is 0.272 e. The second kappa shape index (κ2) is 4.97. The number of nitrogens with zero attached hydrogens (tertiary/aromatic N) is 1. The smallest absolute Gasteiger partial charge is 0.272 e. The lowest BCUT2D eigenvalue weighted by atomic mass is 10.1. The summed E-state index contributed by atoms with van der Waals surface area (Å²) in [5.41, 5.74) is -0.205. The molecule has 0 saturated heterocycles. The molecule has 0 aliphatic carbocycles. The Balaban J connectivity index is 2.48. The van der Waals surface area contributed by atoms with Crippen molar-refractivity contribution in [2.45, 2.75) is 19.4 Å². The standard InChI is InChI=1S/C12H15N3O2/c1-2-8(7-16)13-11-9-5-3-4-6-10(9)12(17)15-14-11/h3-6,8,16H,2,7H2,1H3,(H,13,14)(H,15,17). The van der Waals surface area contributed by atoms with E-state index in [9.17, 15) is 4.79 Å². The fourth-order valence-electron chi connectivity index (χ4n) is 1.69. The average molecular weight is 233 g/mol. The van der Waals surface area contributed by atoms with Crippen molar-refractivity contribution in [2.24, 2.45) is 0 Å². The van der Waals surface area contributed by atoms with Crippen LogP contribution in [0.25, 0.3) is 10.8 Å². The number of benzene rings is 1. The molecule has 0 spiro atoms. The highest BCUT2D eigenvalue weighted by Gasteiger charge is 2.09. The van der Waals surface area contributed by atoms with Crippen LogP contribution < -0.4 is 10.9 Å². The van der Waals surface area contributed by atoms with Crippen molar-refractivity contribution in [3.05, 3.63) is 34.6 Å². The van der Waals surface area contributed by atoms with Crippen LogP contribution in [0.4, 0.5) is 5.82 Å². The third kappa shape index (κ3) is 2.29. The molecule has 5 nitrogen and oxygen atoms in total. The molecular weight excluding hydrogens is 218 g/mol. The molecule has 0 fully saturated rings. The second-order valence-electron chi connectivity index (χ2n) is 3.88. The topological polar surface area (TPSA) is 78.0 Å². The van der Waals surface area contributed by atoms with E-state index in [1.165, 1.54) is 0 Å². The fourth-order valence-corrected chi connectivity index (χ4v) is 1.69. The molecule has 0 saturated carbocycles. The van der Waals surface area contributed by atoms with Crippen LogP contribution in [0.2, 0.25) is 0 Å². The molecule has 1 unspecified atom stereocenters. The van der Waals surface area contributed by atoms with Crippen molar-refractivity contribution in [1.82, 2.24) is 10.2 Å². The number of anilines is 1. The third-order valence-corrected chi connectivity index (χ3v) is 2.75. The molecule has 1 aromatic carbocycles. The van der Waals surface area contributed by atoms with Crippen molar-refractivity contribution in [2.75, 3.05) is 11.9 Å². The largest absolute Gasteiger partial charge is 0.394 e. The zero-order valence-corrected chi connectivity index (χ0v) is 9.60. The molecule has 17 heavy (non-hydrogen) atoms. The van der Waals surface area contributed by atoms with E-state index in [1.807, 2.05) is 25.1 Å². The van der Waals surface area contributed by atoms with Crippen molar-refractivity contribution < 1.29 is 5.11 Å². The van der Waals surface area contributed by atoms with Gasteiger partial charge in [0.2, 0.25) is 0 Å². The summed E-state index contributed by atoms with van der Waals surface area (Å²) < 4.78 is 0. The van der Waals surface area contributed by atoms with Crippen molar-refractivity contribution in [3.63, 3.8) is 0 Å². The van der Waals surface area contributed by atoms with E-state index < -0.39 is 0 Å². The van der Waals surface area contributed by atoms with Gasteiger partial charge < -0.3 is 10.4 Å². The summed E-state index contributed by atoms with van der Waals surface area (Å²) in [6.07, 6.45) is 0.783. The van der Waals surface area contributed by atoms with E-state index in [-0.39, 0.29) is 18.2 Å². The molecule has 0 radical (unpaired) electrons. The third-order valence-electron chi connectivity index (χ3n) is 2.75. The molecule has 0 amide bonds. The number of hydrogen-bond acceptors (Lipinski definition) is 4. The first-order valence-corrected chi connectivity index (χ1v) is 5.61. The Morgan fingerprint density at radius 1 is 1.41 bits per heavy atom. The lowest BCUT2D eigenvalue weighted by Crippen LogP contribution is -2.24. The Hall–Kier alpha value is -1.88. The minimum absolute atomic E-state index is 0.0334. The SMILES string of the molecule is CCC(CO)Nc1n[nH]c(=O)c2ccccc12. The first-order chi connectivity index (χ1) is 8.26. The van der Waals surface area contributed by atoms with Crippen LogP contribution in [0.5, 0.6) is 0 Å². The van der Waals surface area contributed by atoms with E-state index in [0.717, 1.165) is 11.8 Å². The summed E-state index contributed by atoms with van der Waals surface area (Å²) >= 11 is 0. The van der Waals surface area contributed by atoms with Crippen LogP contribution >= 0.6 is 0 Å². The number of fused-ring (bicyclic) bond motifs is 1. The maximum atomic E-state index is 11.6. The fraction of sp³-hybridized carbons (Fsp3) is 0.333. The van der Waals surface area contributed by atoms with E-state index in [1.54, 1.807) is 6.07 Å². The minimum atomic E-state index is -0.205. The van der Waals surface area contributed by atoms with Gasteiger partial charge in [-0.15, -0.1) is 0 Å². The van der Waals surface area contributed by atoms with E-state index in [0.29, 0.717) is 11.2 Å². The number of aromatic nitrogens is 2. The lowest BCUT2D eigenvalue weighted by Gasteiger charge is -2.15. The molecular formula is C12H15N3O2. The van der Waals surface area contributed by atoms with Crippen LogP contribution in [0.15, 0.2) is 29.1 Å². The minimum Gasteiger partial charge on any atom is -0.394 e. The molecule has 2 aromatic rings. The van der Waals surface area contributed by atoms with E-state index in [2.05, 4.69) is 15.5 Å². The number of aromatic amines is 1. The highest BCUT2D eigenvalue weighted by Crippen LogP contribution is 2.17. The van der Waals surface area contributed by atoms with Gasteiger partial charge in [0.25, 0.3) is 5.56 Å². The maximum absolute atomic E-state index is 11.6. The summed E-state index contributed by atoms with van der Waals surface area (Å²) in [5.74, 6) is 0.598. The van der Waals surface area contributed by atoms with E-state index >= 15 is 0 Å². The normalized spacial score (nSPS) is 12.6.